The zero-order chi connectivity index (χ0) is 53.6. The molecular weight excluding hydrogens is 913 g/mol. The summed E-state index contributed by atoms with van der Waals surface area (Å²) in [4.78, 5) is 38.3. The average molecular weight is 1030 g/mol. The number of rotatable bonds is 57. The minimum absolute atomic E-state index is 0.0844. The van der Waals surface area contributed by atoms with Gasteiger partial charge in [-0.1, -0.05) is 260 Å². The molecule has 0 rings (SSSR count). The Kier molecular flexibility index (Phi) is 59.3. The van der Waals surface area contributed by atoms with E-state index in [-0.39, 0.29) is 31.1 Å². The van der Waals surface area contributed by atoms with Crippen LogP contribution in [0.3, 0.4) is 0 Å². The fourth-order valence-electron chi connectivity index (χ4n) is 8.87. The van der Waals surface area contributed by atoms with E-state index in [2.05, 4.69) is 106 Å². The molecule has 0 radical (unpaired) electrons. The van der Waals surface area contributed by atoms with Crippen molar-refractivity contribution >= 4 is 17.9 Å². The lowest BCUT2D eigenvalue weighted by molar-refractivity contribution is -0.167. The maximum absolute atomic E-state index is 12.9. The SMILES string of the molecule is CC/C=C\C/C=C\C/C=C\C/C=C\CCCCCCCCC(=O)OC(COC(=O)CCCCCCC/C=C\CCCCC)COC(=O)CCCCCCCCCCCCCCC/C=C\C/C=C\CCCCCCC. The molecule has 0 aromatic heterocycles. The minimum atomic E-state index is -0.789. The van der Waals surface area contributed by atoms with Crippen LogP contribution in [0.4, 0.5) is 0 Å². The molecule has 6 nitrogen and oxygen atoms in total. The van der Waals surface area contributed by atoms with Crippen LogP contribution in [-0.4, -0.2) is 37.2 Å². The number of unbranched alkanes of at least 4 members (excludes halogenated alkanes) is 32. The molecule has 0 aliphatic rings. The quantitative estimate of drug-likeness (QED) is 0.0261. The average Bonchev–Trinajstić information content (AvgIpc) is 3.40. The number of carbonyl (C=O) groups excluding carboxylic acids is 3. The van der Waals surface area contributed by atoms with Gasteiger partial charge in [-0.2, -0.15) is 0 Å². The van der Waals surface area contributed by atoms with Crippen LogP contribution in [-0.2, 0) is 28.6 Å². The summed E-state index contributed by atoms with van der Waals surface area (Å²) in [7, 11) is 0. The Balaban J connectivity index is 4.30. The molecule has 0 fully saturated rings. The number of hydrogen-bond donors (Lipinski definition) is 0. The van der Waals surface area contributed by atoms with Gasteiger partial charge in [-0.3, -0.25) is 14.4 Å². The Hall–Kier alpha value is -3.41. The van der Waals surface area contributed by atoms with Gasteiger partial charge in [0, 0.05) is 19.3 Å². The second-order valence-electron chi connectivity index (χ2n) is 20.9. The second kappa shape index (κ2) is 62.1. The highest BCUT2D eigenvalue weighted by molar-refractivity contribution is 5.71. The molecule has 0 heterocycles. The third-order valence-electron chi connectivity index (χ3n) is 13.6. The smallest absolute Gasteiger partial charge is 0.306 e. The van der Waals surface area contributed by atoms with Crippen LogP contribution in [0.2, 0.25) is 0 Å². The van der Waals surface area contributed by atoms with E-state index in [1.54, 1.807) is 0 Å². The van der Waals surface area contributed by atoms with Crippen molar-refractivity contribution in [1.29, 1.82) is 0 Å². The molecule has 0 aliphatic heterocycles. The lowest BCUT2D eigenvalue weighted by Crippen LogP contribution is -2.30. The molecule has 0 bridgehead atoms. The molecule has 0 saturated heterocycles. The van der Waals surface area contributed by atoms with Gasteiger partial charge < -0.3 is 14.2 Å². The lowest BCUT2D eigenvalue weighted by Gasteiger charge is -2.18. The van der Waals surface area contributed by atoms with Crippen LogP contribution >= 0.6 is 0 Å². The van der Waals surface area contributed by atoms with Crippen molar-refractivity contribution in [2.75, 3.05) is 13.2 Å². The van der Waals surface area contributed by atoms with Gasteiger partial charge in [0.15, 0.2) is 6.10 Å². The molecule has 1 atom stereocenters. The third kappa shape index (κ3) is 59.5. The molecule has 426 valence electrons. The highest BCUT2D eigenvalue weighted by atomic mass is 16.6. The zero-order valence-electron chi connectivity index (χ0n) is 48.8. The first-order chi connectivity index (χ1) is 36.5. The topological polar surface area (TPSA) is 78.9 Å². The first-order valence-corrected chi connectivity index (χ1v) is 31.6. The third-order valence-corrected chi connectivity index (χ3v) is 13.6. The Morgan fingerprint density at radius 2 is 0.527 bits per heavy atom. The van der Waals surface area contributed by atoms with E-state index in [0.29, 0.717) is 19.3 Å². The van der Waals surface area contributed by atoms with Crippen molar-refractivity contribution < 1.29 is 28.6 Å². The molecule has 0 N–H and O–H groups in total. The van der Waals surface area contributed by atoms with Crippen molar-refractivity contribution in [1.82, 2.24) is 0 Å². The maximum Gasteiger partial charge on any atom is 0.306 e. The van der Waals surface area contributed by atoms with Gasteiger partial charge in [0.05, 0.1) is 0 Å². The molecule has 0 aliphatic carbocycles. The van der Waals surface area contributed by atoms with Gasteiger partial charge >= 0.3 is 17.9 Å². The van der Waals surface area contributed by atoms with Gasteiger partial charge in [0.25, 0.3) is 0 Å². The van der Waals surface area contributed by atoms with E-state index in [1.807, 2.05) is 0 Å². The highest BCUT2D eigenvalue weighted by Gasteiger charge is 2.19. The van der Waals surface area contributed by atoms with Gasteiger partial charge in [0.1, 0.15) is 13.2 Å². The lowest BCUT2D eigenvalue weighted by atomic mass is 10.0. The van der Waals surface area contributed by atoms with Crippen molar-refractivity contribution in [2.24, 2.45) is 0 Å². The number of hydrogen-bond acceptors (Lipinski definition) is 6. The highest BCUT2D eigenvalue weighted by Crippen LogP contribution is 2.16. The van der Waals surface area contributed by atoms with Crippen LogP contribution in [0.1, 0.15) is 310 Å². The summed E-state index contributed by atoms with van der Waals surface area (Å²) < 4.78 is 16.9. The summed E-state index contributed by atoms with van der Waals surface area (Å²) in [6.07, 6.45) is 81.6. The molecule has 0 amide bonds. The van der Waals surface area contributed by atoms with Crippen LogP contribution in [0.5, 0.6) is 0 Å². The fraction of sp³-hybridized carbons (Fsp3) is 0.750. The summed E-state index contributed by atoms with van der Waals surface area (Å²) in [5.74, 6) is -0.899. The van der Waals surface area contributed by atoms with Crippen LogP contribution < -0.4 is 0 Å². The van der Waals surface area contributed by atoms with Crippen LogP contribution in [0.15, 0.2) is 85.1 Å². The Morgan fingerprint density at radius 3 is 0.865 bits per heavy atom. The monoisotopic (exact) mass is 1030 g/mol. The molecule has 0 saturated carbocycles. The van der Waals surface area contributed by atoms with Crippen molar-refractivity contribution in [3.05, 3.63) is 85.1 Å². The van der Waals surface area contributed by atoms with E-state index in [1.165, 1.54) is 161 Å². The molecule has 1 unspecified atom stereocenters. The Labute approximate surface area is 458 Å². The number of allylic oxidation sites excluding steroid dienone is 14. The largest absolute Gasteiger partial charge is 0.462 e. The van der Waals surface area contributed by atoms with Crippen LogP contribution in [0, 0.1) is 0 Å². The molecule has 0 aromatic rings. The summed E-state index contributed by atoms with van der Waals surface area (Å²) in [6.45, 7) is 6.50. The molecule has 6 heteroatoms. The second-order valence-corrected chi connectivity index (χ2v) is 20.9. The van der Waals surface area contributed by atoms with Gasteiger partial charge in [-0.05, 0) is 116 Å². The number of carbonyl (C=O) groups is 3. The summed E-state index contributed by atoms with van der Waals surface area (Å²) in [6, 6.07) is 0. The minimum Gasteiger partial charge on any atom is -0.462 e. The van der Waals surface area contributed by atoms with E-state index < -0.39 is 6.10 Å². The maximum atomic E-state index is 12.9. The predicted octanol–water partition coefficient (Wildman–Crippen LogP) is 21.5. The molecule has 0 spiro atoms. The predicted molar refractivity (Wildman–Crippen MR) is 321 cm³/mol. The van der Waals surface area contributed by atoms with Gasteiger partial charge in [0.2, 0.25) is 0 Å². The summed E-state index contributed by atoms with van der Waals surface area (Å²) >= 11 is 0. The number of ether oxygens (including phenoxy) is 3. The Bertz CT molecular complexity index is 1420. The van der Waals surface area contributed by atoms with E-state index in [0.717, 1.165) is 109 Å². The van der Waals surface area contributed by atoms with Gasteiger partial charge in [-0.25, -0.2) is 0 Å². The van der Waals surface area contributed by atoms with E-state index in [4.69, 9.17) is 14.2 Å². The van der Waals surface area contributed by atoms with E-state index >= 15 is 0 Å². The Morgan fingerprint density at radius 1 is 0.284 bits per heavy atom. The normalized spacial score (nSPS) is 12.6. The molecule has 0 aromatic carbocycles. The zero-order valence-corrected chi connectivity index (χ0v) is 48.8. The summed E-state index contributed by atoms with van der Waals surface area (Å²) in [5.41, 5.74) is 0. The first kappa shape index (κ1) is 70.6. The van der Waals surface area contributed by atoms with Crippen molar-refractivity contribution in [3.63, 3.8) is 0 Å². The standard InChI is InChI=1S/C68H118O6/c1-4-7-10-13-16-19-22-25-27-29-31-32-33-34-35-36-38-39-41-43-46-49-52-55-58-61-67(70)73-64-65(63-72-66(69)60-57-54-51-48-45-24-21-18-15-12-9-6-3)74-68(71)62-59-56-53-50-47-44-42-40-37-30-28-26-23-20-17-14-11-8-5-2/h8,11,17-18,20-22,25-26,28-29,31,37,40,65H,4-7,9-10,12-16,19,23-24,27,30,32-36,38-39,41-64H2,1-3H3/b11-8-,20-17-,21-18-,25-22-,28-26-,31-29-,40-37-. The fourth-order valence-corrected chi connectivity index (χ4v) is 8.87. The van der Waals surface area contributed by atoms with E-state index in [9.17, 15) is 14.4 Å². The van der Waals surface area contributed by atoms with Gasteiger partial charge in [-0.15, -0.1) is 0 Å². The summed E-state index contributed by atoms with van der Waals surface area (Å²) in [5, 5.41) is 0. The van der Waals surface area contributed by atoms with Crippen molar-refractivity contribution in [2.45, 2.75) is 316 Å². The molecular formula is C68H118O6. The first-order valence-electron chi connectivity index (χ1n) is 31.6. The van der Waals surface area contributed by atoms with Crippen LogP contribution in [0.25, 0.3) is 0 Å². The van der Waals surface area contributed by atoms with Crippen molar-refractivity contribution in [3.8, 4) is 0 Å². The number of esters is 3. The molecule has 74 heavy (non-hydrogen) atoms.